The number of amides is 1. The van der Waals surface area contributed by atoms with Crippen molar-refractivity contribution in [3.8, 4) is 0 Å². The first kappa shape index (κ1) is 19.1. The first-order valence-electron chi connectivity index (χ1n) is 10.9. The summed E-state index contributed by atoms with van der Waals surface area (Å²) in [5.41, 5.74) is 5.57. The number of aromatic amines is 1. The van der Waals surface area contributed by atoms with Crippen molar-refractivity contribution in [2.75, 3.05) is 31.2 Å². The summed E-state index contributed by atoms with van der Waals surface area (Å²) in [4.78, 5) is 23.1. The van der Waals surface area contributed by atoms with Crippen LogP contribution in [0.2, 0.25) is 0 Å². The van der Waals surface area contributed by atoms with Crippen LogP contribution in [0, 0.1) is 5.92 Å². The second-order valence-electron chi connectivity index (χ2n) is 8.50. The number of benzene rings is 1. The summed E-state index contributed by atoms with van der Waals surface area (Å²) in [6.45, 7) is 5.99. The maximum absolute atomic E-state index is 12.8. The van der Waals surface area contributed by atoms with Crippen LogP contribution >= 0.6 is 0 Å². The number of fused-ring (bicyclic) bond motifs is 3. The van der Waals surface area contributed by atoms with Crippen LogP contribution < -0.4 is 10.2 Å². The molecule has 5 rings (SSSR count). The maximum Gasteiger partial charge on any atom is 0.251 e. The standard InChI is InChI=1S/C24H28N4O2/c1-16-2-5-21-19(12-16)20-13-18(4-6-22(20)27-21)24(29)26-15-17-3-7-23(25-14-17)28-8-10-30-11-9-28/h3-4,6-7,13-14,16,27H,2,5,8-12,15H2,1H3,(H,26,29)/t16-/m0/s1. The number of morpholine rings is 1. The highest BCUT2D eigenvalue weighted by Gasteiger charge is 2.20. The zero-order valence-electron chi connectivity index (χ0n) is 17.4. The molecule has 3 aromatic rings. The van der Waals surface area contributed by atoms with E-state index in [9.17, 15) is 4.79 Å². The van der Waals surface area contributed by atoms with Gasteiger partial charge in [0.25, 0.3) is 5.91 Å². The first-order valence-corrected chi connectivity index (χ1v) is 10.9. The molecule has 1 aliphatic heterocycles. The Bertz CT molecular complexity index is 1050. The van der Waals surface area contributed by atoms with Gasteiger partial charge in [-0.2, -0.15) is 0 Å². The van der Waals surface area contributed by atoms with Gasteiger partial charge in [-0.05, 0) is 60.6 Å². The molecule has 1 saturated heterocycles. The summed E-state index contributed by atoms with van der Waals surface area (Å²) in [5.74, 6) is 1.61. The molecule has 156 valence electrons. The SMILES string of the molecule is C[C@H]1CCc2[nH]c3ccc(C(=O)NCc4ccc(N5CCOCC5)nc4)cc3c2C1. The van der Waals surface area contributed by atoms with Gasteiger partial charge in [-0.25, -0.2) is 4.98 Å². The van der Waals surface area contributed by atoms with Crippen molar-refractivity contribution in [3.63, 3.8) is 0 Å². The lowest BCUT2D eigenvalue weighted by molar-refractivity contribution is 0.0951. The van der Waals surface area contributed by atoms with Crippen LogP contribution in [0.15, 0.2) is 36.5 Å². The number of ether oxygens (including phenoxy) is 1. The lowest BCUT2D eigenvalue weighted by atomic mass is 9.87. The number of aryl methyl sites for hydroxylation is 1. The average molecular weight is 405 g/mol. The maximum atomic E-state index is 12.8. The van der Waals surface area contributed by atoms with Gasteiger partial charge in [-0.15, -0.1) is 0 Å². The topological polar surface area (TPSA) is 70.2 Å². The summed E-state index contributed by atoms with van der Waals surface area (Å²) < 4.78 is 5.39. The normalized spacial score (nSPS) is 19.0. The number of anilines is 1. The van der Waals surface area contributed by atoms with Gasteiger partial charge in [-0.3, -0.25) is 4.79 Å². The fourth-order valence-corrected chi connectivity index (χ4v) is 4.52. The number of carbonyl (C=O) groups excluding carboxylic acids is 1. The molecule has 2 N–H and O–H groups in total. The minimum Gasteiger partial charge on any atom is -0.378 e. The van der Waals surface area contributed by atoms with Crippen LogP contribution in [0.4, 0.5) is 5.82 Å². The molecule has 1 atom stereocenters. The molecule has 1 fully saturated rings. The number of hydrogen-bond donors (Lipinski definition) is 2. The highest BCUT2D eigenvalue weighted by Crippen LogP contribution is 2.32. The van der Waals surface area contributed by atoms with Crippen molar-refractivity contribution in [2.45, 2.75) is 32.7 Å². The quantitative estimate of drug-likeness (QED) is 0.699. The van der Waals surface area contributed by atoms with Crippen molar-refractivity contribution < 1.29 is 9.53 Å². The van der Waals surface area contributed by atoms with Crippen LogP contribution in [0.3, 0.4) is 0 Å². The van der Waals surface area contributed by atoms with Gasteiger partial charge in [0, 0.05) is 48.0 Å². The molecule has 1 amide bonds. The van der Waals surface area contributed by atoms with Gasteiger partial charge in [-0.1, -0.05) is 13.0 Å². The van der Waals surface area contributed by atoms with E-state index in [1.54, 1.807) is 0 Å². The fraction of sp³-hybridized carbons (Fsp3) is 0.417. The molecule has 3 heterocycles. The number of pyridine rings is 1. The van der Waals surface area contributed by atoms with Crippen molar-refractivity contribution in [3.05, 3.63) is 58.9 Å². The third-order valence-electron chi connectivity index (χ3n) is 6.29. The van der Waals surface area contributed by atoms with Crippen LogP contribution in [-0.4, -0.2) is 42.2 Å². The number of nitrogens with one attached hydrogen (secondary N) is 2. The van der Waals surface area contributed by atoms with Crippen molar-refractivity contribution in [1.82, 2.24) is 15.3 Å². The molecule has 1 aromatic carbocycles. The largest absolute Gasteiger partial charge is 0.378 e. The van der Waals surface area contributed by atoms with E-state index in [1.165, 1.54) is 23.1 Å². The summed E-state index contributed by atoms with van der Waals surface area (Å²) in [7, 11) is 0. The minimum atomic E-state index is -0.0482. The Balaban J connectivity index is 1.26. The predicted molar refractivity (Wildman–Crippen MR) is 118 cm³/mol. The fourth-order valence-electron chi connectivity index (χ4n) is 4.52. The Kier molecular flexibility index (Phi) is 5.17. The highest BCUT2D eigenvalue weighted by molar-refractivity contribution is 5.99. The second-order valence-corrected chi connectivity index (χ2v) is 8.50. The first-order chi connectivity index (χ1) is 14.7. The van der Waals surface area contributed by atoms with E-state index in [0.717, 1.165) is 56.0 Å². The van der Waals surface area contributed by atoms with E-state index in [0.29, 0.717) is 18.0 Å². The van der Waals surface area contributed by atoms with Crippen LogP contribution in [0.25, 0.3) is 10.9 Å². The van der Waals surface area contributed by atoms with E-state index >= 15 is 0 Å². The molecule has 6 heteroatoms. The molecular weight excluding hydrogens is 376 g/mol. The number of rotatable bonds is 4. The molecule has 30 heavy (non-hydrogen) atoms. The third-order valence-corrected chi connectivity index (χ3v) is 6.29. The Morgan fingerprint density at radius 2 is 2.13 bits per heavy atom. The van der Waals surface area contributed by atoms with Gasteiger partial charge >= 0.3 is 0 Å². The van der Waals surface area contributed by atoms with E-state index < -0.39 is 0 Å². The smallest absolute Gasteiger partial charge is 0.251 e. The van der Waals surface area contributed by atoms with Crippen molar-refractivity contribution >= 4 is 22.6 Å². The van der Waals surface area contributed by atoms with Gasteiger partial charge < -0.3 is 19.9 Å². The number of nitrogens with zero attached hydrogens (tertiary/aromatic N) is 2. The number of aromatic nitrogens is 2. The zero-order chi connectivity index (χ0) is 20.5. The molecule has 0 bridgehead atoms. The van der Waals surface area contributed by atoms with Crippen LogP contribution in [0.5, 0.6) is 0 Å². The molecule has 2 aliphatic rings. The zero-order valence-corrected chi connectivity index (χ0v) is 17.4. The molecule has 2 aromatic heterocycles. The van der Waals surface area contributed by atoms with Crippen molar-refractivity contribution in [2.24, 2.45) is 5.92 Å². The molecule has 1 aliphatic carbocycles. The van der Waals surface area contributed by atoms with E-state index in [-0.39, 0.29) is 5.91 Å². The summed E-state index contributed by atoms with van der Waals surface area (Å²) in [6.07, 6.45) is 5.26. The summed E-state index contributed by atoms with van der Waals surface area (Å²) in [6, 6.07) is 10.0. The Morgan fingerprint density at radius 3 is 2.93 bits per heavy atom. The lowest BCUT2D eigenvalue weighted by Crippen LogP contribution is -2.36. The predicted octanol–water partition coefficient (Wildman–Crippen LogP) is 3.45. The Hall–Kier alpha value is -2.86. The highest BCUT2D eigenvalue weighted by atomic mass is 16.5. The van der Waals surface area contributed by atoms with E-state index in [4.69, 9.17) is 4.74 Å². The molecular formula is C24H28N4O2. The Labute approximate surface area is 176 Å². The van der Waals surface area contributed by atoms with E-state index in [2.05, 4.69) is 27.1 Å². The van der Waals surface area contributed by atoms with Gasteiger partial charge in [0.2, 0.25) is 0 Å². The van der Waals surface area contributed by atoms with Gasteiger partial charge in [0.05, 0.1) is 13.2 Å². The van der Waals surface area contributed by atoms with Crippen molar-refractivity contribution in [1.29, 1.82) is 0 Å². The molecule has 0 spiro atoms. The molecule has 0 radical (unpaired) electrons. The van der Waals surface area contributed by atoms with Gasteiger partial charge in [0.15, 0.2) is 0 Å². The Morgan fingerprint density at radius 1 is 1.27 bits per heavy atom. The minimum absolute atomic E-state index is 0.0482. The number of hydrogen-bond acceptors (Lipinski definition) is 4. The second kappa shape index (κ2) is 8.11. The molecule has 6 nitrogen and oxygen atoms in total. The van der Waals surface area contributed by atoms with Crippen LogP contribution in [0.1, 0.15) is 40.5 Å². The summed E-state index contributed by atoms with van der Waals surface area (Å²) in [5, 5.41) is 4.23. The number of H-pyrrole nitrogens is 1. The molecule has 0 saturated carbocycles. The van der Waals surface area contributed by atoms with Gasteiger partial charge in [0.1, 0.15) is 5.82 Å². The van der Waals surface area contributed by atoms with E-state index in [1.807, 2.05) is 36.5 Å². The average Bonchev–Trinajstić information content (AvgIpc) is 3.15. The number of carbonyl (C=O) groups is 1. The third kappa shape index (κ3) is 3.79. The summed E-state index contributed by atoms with van der Waals surface area (Å²) >= 11 is 0. The van der Waals surface area contributed by atoms with Crippen LogP contribution in [-0.2, 0) is 24.1 Å². The molecule has 0 unspecified atom stereocenters. The monoisotopic (exact) mass is 404 g/mol. The lowest BCUT2D eigenvalue weighted by Gasteiger charge is -2.27.